The second-order valence-corrected chi connectivity index (χ2v) is 33.0. The van der Waals surface area contributed by atoms with Gasteiger partial charge < -0.3 is 130 Å². The highest BCUT2D eigenvalue weighted by Gasteiger charge is 2.47. The molecule has 37 nitrogen and oxygen atoms in total. The summed E-state index contributed by atoms with van der Waals surface area (Å²) in [4.78, 5) is 138. The molecule has 16 N–H and O–H groups in total. The molecule has 0 aromatic rings. The molecule has 0 radical (unpaired) electrons. The minimum atomic E-state index is -3.66. The van der Waals surface area contributed by atoms with Crippen LogP contribution in [0.25, 0.3) is 0 Å². The predicted octanol–water partition coefficient (Wildman–Crippen LogP) is 0.842. The van der Waals surface area contributed by atoms with Crippen LogP contribution in [-0.2, 0) is 99.7 Å². The molecule has 3 rings (SSSR count). The fourth-order valence-corrected chi connectivity index (χ4v) is 13.6. The maximum atomic E-state index is 14.0. The van der Waals surface area contributed by atoms with Crippen LogP contribution in [0.1, 0.15) is 227 Å². The van der Waals surface area contributed by atoms with Crippen LogP contribution in [0.4, 0.5) is 0 Å². The second-order valence-electron chi connectivity index (χ2n) is 30.6. The maximum absolute atomic E-state index is 14.0. The van der Waals surface area contributed by atoms with Gasteiger partial charge >= 0.3 is 7.60 Å². The summed E-state index contributed by atoms with van der Waals surface area (Å²) in [7, 11) is -3.66. The lowest BCUT2D eigenvalue weighted by atomic mass is 9.92. The highest BCUT2D eigenvalue weighted by atomic mass is 31.2. The van der Waals surface area contributed by atoms with Crippen molar-refractivity contribution in [3.8, 4) is 0 Å². The monoisotopic (exact) mass is 1690 g/mol. The highest BCUT2D eigenvalue weighted by Crippen LogP contribution is 2.47. The van der Waals surface area contributed by atoms with Crippen LogP contribution >= 0.6 is 7.60 Å². The first-order valence-corrected chi connectivity index (χ1v) is 43.2. The van der Waals surface area contributed by atoms with E-state index in [4.69, 9.17) is 47.2 Å². The third-order valence-electron chi connectivity index (χ3n) is 20.0. The number of ether oxygens (including phenoxy) is 9. The summed E-state index contributed by atoms with van der Waals surface area (Å²) >= 11 is 0. The molecule has 116 heavy (non-hydrogen) atoms. The van der Waals surface area contributed by atoms with Gasteiger partial charge in [0.1, 0.15) is 89.6 Å². The van der Waals surface area contributed by atoms with Crippen molar-refractivity contribution in [2.75, 3.05) is 106 Å². The Morgan fingerprint density at radius 3 is 1.13 bits per heavy atom. The van der Waals surface area contributed by atoms with Gasteiger partial charge in [0, 0.05) is 136 Å². The van der Waals surface area contributed by atoms with Crippen LogP contribution in [0, 0.1) is 5.92 Å². The number of aliphatic hydroxyl groups excluding tert-OH is 9. The minimum Gasteiger partial charge on any atom is -0.394 e. The molecule has 17 atom stereocenters. The lowest BCUT2D eigenvalue weighted by Crippen LogP contribution is -2.64. The van der Waals surface area contributed by atoms with E-state index in [9.17, 15) is 103 Å². The minimum absolute atomic E-state index is 0.00525. The summed E-state index contributed by atoms with van der Waals surface area (Å²) in [6.45, 7) is 6.01. The molecule has 3 saturated heterocycles. The molecule has 11 unspecified atom stereocenters. The number of hydrogen-bond acceptors (Lipinski definition) is 30. The Hall–Kier alpha value is -5.07. The van der Waals surface area contributed by atoms with E-state index in [1.165, 1.54) is 13.8 Å². The van der Waals surface area contributed by atoms with Crippen molar-refractivity contribution >= 4 is 66.2 Å². The number of hydrogen-bond donors (Lipinski definition) is 16. The fourth-order valence-electron chi connectivity index (χ4n) is 12.9. The Morgan fingerprint density at radius 2 is 0.707 bits per heavy atom. The Balaban J connectivity index is 1.58. The lowest BCUT2D eigenvalue weighted by Gasteiger charge is -2.42. The van der Waals surface area contributed by atoms with E-state index in [2.05, 4.69) is 31.9 Å². The van der Waals surface area contributed by atoms with Crippen LogP contribution in [0.3, 0.4) is 0 Å². The average Bonchev–Trinajstić information content (AvgIpc) is 0.813. The maximum Gasteiger partial charge on any atom is 0.330 e. The Kier molecular flexibility index (Phi) is 54.8. The second kappa shape index (κ2) is 60.4. The van der Waals surface area contributed by atoms with Crippen LogP contribution in [0.15, 0.2) is 0 Å². The zero-order chi connectivity index (χ0) is 85.9. The van der Waals surface area contributed by atoms with Gasteiger partial charge in [-0.2, -0.15) is 0 Å². The number of ketones is 4. The summed E-state index contributed by atoms with van der Waals surface area (Å²) in [5.74, 6) is -3.06. The molecule has 0 spiro atoms. The third kappa shape index (κ3) is 43.9. The summed E-state index contributed by atoms with van der Waals surface area (Å²) in [6.07, 6.45) is -3.62. The van der Waals surface area contributed by atoms with Gasteiger partial charge in [-0.15, -0.1) is 0 Å². The zero-order valence-electron chi connectivity index (χ0n) is 68.8. The summed E-state index contributed by atoms with van der Waals surface area (Å²) in [5, 5.41) is 107. The van der Waals surface area contributed by atoms with Gasteiger partial charge in [-0.3, -0.25) is 52.5 Å². The van der Waals surface area contributed by atoms with Crippen molar-refractivity contribution in [2.45, 2.75) is 324 Å². The van der Waals surface area contributed by atoms with Gasteiger partial charge in [-0.25, -0.2) is 0 Å². The molecule has 3 aliphatic heterocycles. The molecule has 0 saturated carbocycles. The van der Waals surface area contributed by atoms with Crippen molar-refractivity contribution in [3.05, 3.63) is 0 Å². The van der Waals surface area contributed by atoms with Crippen LogP contribution in [0.2, 0.25) is 0 Å². The molecule has 0 bridgehead atoms. The number of nitrogens with one attached hydrogen (secondary N) is 6. The first-order valence-electron chi connectivity index (χ1n) is 41.5. The largest absolute Gasteiger partial charge is 0.394 e. The molecule has 0 aromatic carbocycles. The molecule has 6 amide bonds. The predicted molar refractivity (Wildman–Crippen MR) is 417 cm³/mol. The van der Waals surface area contributed by atoms with Crippen LogP contribution in [-0.4, -0.2) is 312 Å². The van der Waals surface area contributed by atoms with E-state index < -0.39 is 148 Å². The first kappa shape index (κ1) is 105. The zero-order valence-corrected chi connectivity index (χ0v) is 69.7. The number of carbonyl (C=O) groups excluding carboxylic acids is 10. The quantitative estimate of drug-likeness (QED) is 0.0296. The normalized spacial score (nSPS) is 24.5. The molecule has 3 fully saturated rings. The van der Waals surface area contributed by atoms with Crippen molar-refractivity contribution in [1.29, 1.82) is 0 Å². The molecule has 3 heterocycles. The van der Waals surface area contributed by atoms with E-state index in [0.29, 0.717) is 122 Å². The third-order valence-corrected chi connectivity index (χ3v) is 21.9. The highest BCUT2D eigenvalue weighted by molar-refractivity contribution is 7.53. The van der Waals surface area contributed by atoms with Crippen molar-refractivity contribution in [2.24, 2.45) is 5.92 Å². The Labute approximate surface area is 681 Å². The van der Waals surface area contributed by atoms with E-state index in [0.717, 1.165) is 12.8 Å². The molecule has 0 aliphatic carbocycles. The smallest absolute Gasteiger partial charge is 0.330 e. The topological polar surface area (TPSA) is 555 Å². The van der Waals surface area contributed by atoms with Gasteiger partial charge in [0.15, 0.2) is 18.9 Å². The average molecular weight is 1690 g/mol. The standard InChI is InChI=1S/C78H139N6O31P/c1-52(2)116(104,105)112-42-18-7-6-17-36-79-64(95)31-22-32-66(97)84-78(49-106-43-33-58(92)26-12-8-10-24-56(90)28-14-19-39-109-75-53(3)69(98)70(99)60(46-85)113-75,50-107-44-34-59(93)27-13-9-11-25-57(91)29-15-20-40-110-76-67(82-54(4)88)73(102)71(100)61(47-86)114-76)51-108-45-35-65(96)81-38-23-37-80-63(94)30-16-21-41-111-77-68(83-55(5)89)74(103)72(101)62(48-87)115-77/h52-53,60-62,67-77,85-87,98-103H,6-51H2,1-5H3,(H,79,95)(H,80,94)(H,81,96)(H,82,88)(H,83,89)(H,84,97)(H,104,105)/t53?,60?,61?,62?,67?,68?,69-,70?,71?,72?,73-,74-,75-,76-,77-,78?/m1/s1. The number of carbonyl (C=O) groups is 10. The molecule has 672 valence electrons. The van der Waals surface area contributed by atoms with Gasteiger partial charge in [-0.05, 0) is 89.9 Å². The summed E-state index contributed by atoms with van der Waals surface area (Å²) in [6, 6.07) is -2.18. The summed E-state index contributed by atoms with van der Waals surface area (Å²) < 4.78 is 69.6. The summed E-state index contributed by atoms with van der Waals surface area (Å²) in [5.41, 5.74) is -1.97. The van der Waals surface area contributed by atoms with E-state index in [-0.39, 0.29) is 184 Å². The Morgan fingerprint density at radius 1 is 0.379 bits per heavy atom. The fraction of sp³-hybridized carbons (Fsp3) is 0.872. The van der Waals surface area contributed by atoms with Crippen molar-refractivity contribution in [3.63, 3.8) is 0 Å². The molecular weight excluding hydrogens is 1550 g/mol. The number of Topliss-reactive ketones (excluding diaryl/α,β-unsaturated/α-hetero) is 4. The van der Waals surface area contributed by atoms with Crippen LogP contribution < -0.4 is 31.9 Å². The van der Waals surface area contributed by atoms with Gasteiger partial charge in [-0.1, -0.05) is 46.5 Å². The number of aliphatic hydroxyl groups is 9. The van der Waals surface area contributed by atoms with E-state index in [1.54, 1.807) is 20.8 Å². The first-order chi connectivity index (χ1) is 55.4. The number of rotatable bonds is 68. The number of amides is 6. The molecule has 3 aliphatic rings. The van der Waals surface area contributed by atoms with Gasteiger partial charge in [0.05, 0.1) is 77.8 Å². The molecular formula is C78H139N6O31P. The van der Waals surface area contributed by atoms with Crippen molar-refractivity contribution in [1.82, 2.24) is 31.9 Å². The van der Waals surface area contributed by atoms with Crippen LogP contribution in [0.5, 0.6) is 0 Å². The molecule has 0 aromatic heterocycles. The van der Waals surface area contributed by atoms with Gasteiger partial charge in [0.25, 0.3) is 0 Å². The van der Waals surface area contributed by atoms with E-state index >= 15 is 0 Å². The van der Waals surface area contributed by atoms with Gasteiger partial charge in [0.2, 0.25) is 35.4 Å². The number of unbranched alkanes of at least 4 members (excludes halogenated alkanes) is 10. The molecule has 38 heteroatoms. The lowest BCUT2D eigenvalue weighted by molar-refractivity contribution is -0.282. The van der Waals surface area contributed by atoms with Crippen molar-refractivity contribution < 1.29 is 151 Å². The van der Waals surface area contributed by atoms with E-state index in [1.807, 2.05) is 0 Å². The SMILES string of the molecule is CC(=O)NC1[C@H](OCCCCC(=O)CCCCCC(=O)CCOCC(COCCC(=O)CCCCCC(=O)CCCCO[C@@H]2OC(CO)C(O)[C@H](O)C2C)(COCCC(=O)NCCCNC(=O)CCCCO[C@@H]2OC(CO)C(O)[C@H](O)C2NC(C)=O)NC(=O)CCCC(=O)NCCCCCCOP(=O)(O)C(C)C)OC(CO)C(O)[C@@H]1O. The Bertz CT molecular complexity index is 2790.